The number of aldehydes is 4. The second-order valence-electron chi connectivity index (χ2n) is 4.14. The molecule has 0 heterocycles. The summed E-state index contributed by atoms with van der Waals surface area (Å²) in [6, 6.07) is 0. The van der Waals surface area contributed by atoms with Gasteiger partial charge in [-0.25, -0.2) is 0 Å². The third-order valence-corrected chi connectivity index (χ3v) is 1.54. The van der Waals surface area contributed by atoms with E-state index >= 15 is 0 Å². The van der Waals surface area contributed by atoms with E-state index in [9.17, 15) is 9.59 Å². The lowest BCUT2D eigenvalue weighted by Gasteiger charge is -1.89. The molecule has 0 saturated carbocycles. The highest BCUT2D eigenvalue weighted by Gasteiger charge is 1.87. The summed E-state index contributed by atoms with van der Waals surface area (Å²) in [6.45, 7) is 11.2. The van der Waals surface area contributed by atoms with Crippen molar-refractivity contribution in [3.63, 3.8) is 0 Å². The number of ether oxygens (including phenoxy) is 1. The number of aliphatic hydroxyl groups is 5. The molecule has 0 aliphatic rings. The summed E-state index contributed by atoms with van der Waals surface area (Å²) in [5.74, 6) is 0. The van der Waals surface area contributed by atoms with E-state index < -0.39 is 6.10 Å². The highest BCUT2D eigenvalue weighted by molar-refractivity contribution is 5.64. The maximum atomic E-state index is 9.46. The van der Waals surface area contributed by atoms with E-state index in [1.165, 1.54) is 19.9 Å². The molecule has 6 N–H and O–H groups in total. The van der Waals surface area contributed by atoms with Crippen LogP contribution >= 0.6 is 0 Å². The van der Waals surface area contributed by atoms with Crippen LogP contribution in [-0.2, 0) is 19.2 Å². The van der Waals surface area contributed by atoms with Gasteiger partial charge >= 0.3 is 0 Å². The van der Waals surface area contributed by atoms with Gasteiger partial charge in [0.15, 0.2) is 0 Å². The van der Waals surface area contributed by atoms with E-state index in [2.05, 4.69) is 11.7 Å². The molecule has 0 aliphatic carbocycles. The number of unbranched alkanes of at least 4 members (excludes halogenated alkanes) is 1. The maximum Gasteiger partial charge on any atom is 0.252 e. The summed E-state index contributed by atoms with van der Waals surface area (Å²) < 4.78 is 3.53. The smallest absolute Gasteiger partial charge is 0.252 e. The van der Waals surface area contributed by atoms with Crippen molar-refractivity contribution in [2.24, 2.45) is 0 Å². The molecule has 9 nitrogen and oxygen atoms in total. The minimum atomic E-state index is -0.470. The van der Waals surface area contributed by atoms with Crippen LogP contribution in [0.5, 0.6) is 0 Å². The molecule has 0 aromatic heterocycles. The molecule has 0 aromatic rings. The first-order valence-corrected chi connectivity index (χ1v) is 8.67. The van der Waals surface area contributed by atoms with Gasteiger partial charge in [0.1, 0.15) is 31.8 Å². The predicted octanol–water partition coefficient (Wildman–Crippen LogP) is 0.566. The maximum absolute atomic E-state index is 9.46. The monoisotopic (exact) mass is 415 g/mol. The first kappa shape index (κ1) is 45.1. The third-order valence-electron chi connectivity index (χ3n) is 1.54. The Morgan fingerprint density at radius 2 is 1.39 bits per heavy atom. The zero-order valence-corrected chi connectivity index (χ0v) is 18.2. The van der Waals surface area contributed by atoms with Crippen molar-refractivity contribution in [2.75, 3.05) is 20.0 Å². The molecule has 0 aromatic carbocycles. The quantitative estimate of drug-likeness (QED) is 0.236. The number of hydrogen-bond donors (Lipinski definition) is 3. The number of aliphatic hydroxyl groups excluding tert-OH is 3. The Hall–Kier alpha value is -1.78. The third kappa shape index (κ3) is 251. The molecule has 0 aliphatic heterocycles. The lowest BCUT2D eigenvalue weighted by Crippen LogP contribution is -1.97. The lowest BCUT2D eigenvalue weighted by molar-refractivity contribution is -0.124. The molecule has 172 valence electrons. The topological polar surface area (TPSA) is 173 Å². The fourth-order valence-corrected chi connectivity index (χ4v) is 0.476. The SMILES string of the molecule is C/C=C/C=O.CC(O)CC=O.CC=O.CC=O.CCCCO.CC[OH+]CO.O. The standard InChI is InChI=1S/C4H8O2.C4H10O.C4H6O.C3H8O2.2C2H4O.H2O/c1-4(6)2-3-5;2*1-2-3-4-5;1-2-5-3-4;2*1-2-3;/h3-4,6H,2H2,1H3;5H,2-4H2,1H3;2-4H,1H3;4H,2-3H2,1H3;2*2H,1H3;1H2/p+1/b;;3-2+;;;;. The second kappa shape index (κ2) is 73.2. The fraction of sp³-hybridized carbons (Fsp3) is 0.684. The second-order valence-corrected chi connectivity index (χ2v) is 4.14. The van der Waals surface area contributed by atoms with Crippen LogP contribution in [0.2, 0.25) is 0 Å². The first-order chi connectivity index (χ1) is 12.8. The van der Waals surface area contributed by atoms with Crippen LogP contribution in [0.1, 0.15) is 60.8 Å². The Balaban J connectivity index is -0.0000000382. The van der Waals surface area contributed by atoms with Crippen molar-refractivity contribution < 1.29 is 44.7 Å². The summed E-state index contributed by atoms with van der Waals surface area (Å²) in [5.41, 5.74) is 0. The van der Waals surface area contributed by atoms with E-state index in [0.717, 1.165) is 38.3 Å². The molecular weight excluding hydrogens is 372 g/mol. The van der Waals surface area contributed by atoms with Crippen LogP contribution in [0.4, 0.5) is 0 Å². The highest BCUT2D eigenvalue weighted by atomic mass is 16.6. The Bertz CT molecular complexity index is 252. The van der Waals surface area contributed by atoms with Crippen LogP contribution < -0.4 is 0 Å². The van der Waals surface area contributed by atoms with Crippen LogP contribution in [0.15, 0.2) is 12.2 Å². The largest absolute Gasteiger partial charge is 0.412 e. The van der Waals surface area contributed by atoms with Crippen molar-refractivity contribution in [3.8, 4) is 0 Å². The molecule has 0 amide bonds. The number of carbonyl (C=O) groups is 4. The van der Waals surface area contributed by atoms with Gasteiger partial charge in [-0.3, -0.25) is 4.79 Å². The normalized spacial score (nSPS) is 8.46. The number of allylic oxidation sites excluding steroid dienone is 2. The van der Waals surface area contributed by atoms with Gasteiger partial charge in [0, 0.05) is 20.0 Å². The summed E-state index contributed by atoms with van der Waals surface area (Å²) in [6.07, 6.45) is 7.90. The van der Waals surface area contributed by atoms with Crippen molar-refractivity contribution in [1.82, 2.24) is 0 Å². The Morgan fingerprint density at radius 1 is 0.964 bits per heavy atom. The highest BCUT2D eigenvalue weighted by Crippen LogP contribution is 1.80. The van der Waals surface area contributed by atoms with E-state index in [-0.39, 0.29) is 18.7 Å². The Kier molecular flexibility index (Phi) is 118. The van der Waals surface area contributed by atoms with E-state index in [4.69, 9.17) is 24.9 Å². The Labute approximate surface area is 169 Å². The molecule has 0 rings (SSSR count). The zero-order valence-electron chi connectivity index (χ0n) is 18.2. The molecule has 1 unspecified atom stereocenters. The van der Waals surface area contributed by atoms with Gasteiger partial charge in [-0.1, -0.05) is 19.4 Å². The van der Waals surface area contributed by atoms with Crippen LogP contribution in [0, 0.1) is 0 Å². The minimum Gasteiger partial charge on any atom is -0.412 e. The van der Waals surface area contributed by atoms with Gasteiger partial charge in [-0.05, 0) is 40.2 Å². The van der Waals surface area contributed by atoms with Gasteiger partial charge in [0.2, 0.25) is 0 Å². The van der Waals surface area contributed by atoms with Gasteiger partial charge in [-0.2, -0.15) is 0 Å². The summed E-state index contributed by atoms with van der Waals surface area (Å²) in [5, 5.41) is 24.3. The fourth-order valence-electron chi connectivity index (χ4n) is 0.476. The predicted molar refractivity (Wildman–Crippen MR) is 112 cm³/mol. The van der Waals surface area contributed by atoms with Crippen LogP contribution in [0.25, 0.3) is 0 Å². The lowest BCUT2D eigenvalue weighted by atomic mass is 10.3. The Morgan fingerprint density at radius 3 is 1.39 bits per heavy atom. The first-order valence-electron chi connectivity index (χ1n) is 8.67. The summed E-state index contributed by atoms with van der Waals surface area (Å²) in [7, 11) is 0. The number of rotatable bonds is 7. The van der Waals surface area contributed by atoms with Crippen LogP contribution in [0.3, 0.4) is 0 Å². The minimum absolute atomic E-state index is 0. The molecule has 0 spiro atoms. The van der Waals surface area contributed by atoms with Gasteiger partial charge in [0.25, 0.3) is 6.79 Å². The van der Waals surface area contributed by atoms with E-state index in [1.807, 2.05) is 6.92 Å². The van der Waals surface area contributed by atoms with Gasteiger partial charge in [-0.15, -0.1) is 0 Å². The van der Waals surface area contributed by atoms with Crippen LogP contribution in [-0.4, -0.2) is 76.8 Å². The van der Waals surface area contributed by atoms with Crippen molar-refractivity contribution in [1.29, 1.82) is 0 Å². The molecule has 0 saturated heterocycles. The van der Waals surface area contributed by atoms with Gasteiger partial charge in [0.05, 0.1) is 6.10 Å². The molecule has 28 heavy (non-hydrogen) atoms. The molecule has 0 radical (unpaired) electrons. The summed E-state index contributed by atoms with van der Waals surface area (Å²) in [4.78, 5) is 36.4. The zero-order chi connectivity index (χ0) is 22.8. The molecule has 0 bridgehead atoms. The molecular formula is C19H43O9+. The van der Waals surface area contributed by atoms with E-state index in [0.29, 0.717) is 12.9 Å². The van der Waals surface area contributed by atoms with Gasteiger partial charge < -0.3 is 39.9 Å². The van der Waals surface area contributed by atoms with Crippen molar-refractivity contribution in [3.05, 3.63) is 12.2 Å². The average Bonchev–Trinajstić information content (AvgIpc) is 2.60. The molecule has 1 atom stereocenters. The number of hydrogen-bond acceptors (Lipinski definition) is 7. The van der Waals surface area contributed by atoms with Crippen molar-refractivity contribution in [2.45, 2.75) is 66.9 Å². The van der Waals surface area contributed by atoms with E-state index in [1.54, 1.807) is 19.9 Å². The summed E-state index contributed by atoms with van der Waals surface area (Å²) >= 11 is 0. The average molecular weight is 416 g/mol. The van der Waals surface area contributed by atoms with Crippen molar-refractivity contribution >= 4 is 25.1 Å². The number of carbonyl (C=O) groups excluding carboxylic acids is 4. The molecule has 0 fully saturated rings. The molecule has 9 heteroatoms.